The number of hydrogen-bond acceptors (Lipinski definition) is 3. The molecule has 2 rings (SSSR count). The summed E-state index contributed by atoms with van der Waals surface area (Å²) >= 11 is 0. The Morgan fingerprint density at radius 2 is 1.80 bits per heavy atom. The van der Waals surface area contributed by atoms with Gasteiger partial charge in [0.1, 0.15) is 0 Å². The van der Waals surface area contributed by atoms with Crippen molar-refractivity contribution in [2.45, 2.75) is 6.54 Å². The molecule has 0 aromatic heterocycles. The smallest absolute Gasteiger partial charge is 0.261 e. The molecule has 0 bridgehead atoms. The van der Waals surface area contributed by atoms with E-state index in [4.69, 9.17) is 0 Å². The second-order valence-electron chi connectivity index (χ2n) is 3.18. The molecule has 0 saturated heterocycles. The number of benzene rings is 1. The molecule has 1 aliphatic heterocycles. The molecule has 1 heterocycles. The van der Waals surface area contributed by atoms with E-state index in [0.29, 0.717) is 0 Å². The van der Waals surface area contributed by atoms with Gasteiger partial charge in [-0.15, -0.1) is 0 Å². The Labute approximate surface area is 87.9 Å². The zero-order valence-corrected chi connectivity index (χ0v) is 8.65. The second-order valence-corrected chi connectivity index (χ2v) is 4.92. The van der Waals surface area contributed by atoms with Crippen LogP contribution in [0.15, 0.2) is 41.8 Å². The fraction of sp³-hybridized carbons (Fsp3) is 0.100. The van der Waals surface area contributed by atoms with Crippen LogP contribution in [-0.4, -0.2) is 18.6 Å². The summed E-state index contributed by atoms with van der Waals surface area (Å²) in [6.45, 7) is 0.0923. The summed E-state index contributed by atoms with van der Waals surface area (Å²) < 4.78 is 23.6. The molecule has 0 unspecified atom stereocenters. The summed E-state index contributed by atoms with van der Waals surface area (Å²) in [6.07, 6.45) is 1.07. The molecule has 0 atom stereocenters. The Hall–Kier alpha value is -1.62. The summed E-state index contributed by atoms with van der Waals surface area (Å²) in [6, 6.07) is 9.00. The van der Waals surface area contributed by atoms with E-state index in [1.165, 1.54) is 0 Å². The van der Waals surface area contributed by atoms with Crippen LogP contribution in [0.25, 0.3) is 0 Å². The van der Waals surface area contributed by atoms with Gasteiger partial charge in [0.2, 0.25) is 0 Å². The third-order valence-electron chi connectivity index (χ3n) is 2.10. The number of nitrogens with zero attached hydrogens (tertiary/aromatic N) is 1. The molecule has 0 fully saturated rings. The molecule has 78 valence electrons. The molecule has 0 spiro atoms. The first-order chi connectivity index (χ1) is 7.09. The van der Waals surface area contributed by atoms with Gasteiger partial charge < -0.3 is 0 Å². The predicted octanol–water partition coefficient (Wildman–Crippen LogP) is 0.872. The number of sulfonamides is 1. The minimum atomic E-state index is -3.53. The minimum absolute atomic E-state index is 0.0923. The molecule has 1 amide bonds. The summed E-state index contributed by atoms with van der Waals surface area (Å²) in [5.41, 5.74) is 0.790. The molecule has 0 saturated carbocycles. The second kappa shape index (κ2) is 3.51. The average Bonchev–Trinajstić information content (AvgIpc) is 2.47. The number of amides is 1. The maximum Gasteiger partial charge on any atom is 0.261 e. The highest BCUT2D eigenvalue weighted by Gasteiger charge is 2.29. The maximum absolute atomic E-state index is 11.4. The molecule has 1 aromatic rings. The van der Waals surface area contributed by atoms with Crippen LogP contribution in [-0.2, 0) is 21.4 Å². The first-order valence-corrected chi connectivity index (χ1v) is 5.89. The molecule has 0 radical (unpaired) electrons. The van der Waals surface area contributed by atoms with Gasteiger partial charge in [-0.25, -0.2) is 12.7 Å². The zero-order valence-electron chi connectivity index (χ0n) is 7.83. The van der Waals surface area contributed by atoms with Crippen molar-refractivity contribution in [3.63, 3.8) is 0 Å². The highest BCUT2D eigenvalue weighted by Crippen LogP contribution is 2.16. The van der Waals surface area contributed by atoms with Gasteiger partial charge in [0.15, 0.2) is 0 Å². The van der Waals surface area contributed by atoms with Crippen molar-refractivity contribution in [3.05, 3.63) is 47.4 Å². The topological polar surface area (TPSA) is 54.5 Å². The van der Waals surface area contributed by atoms with E-state index in [9.17, 15) is 13.2 Å². The van der Waals surface area contributed by atoms with E-state index in [-0.39, 0.29) is 6.54 Å². The average molecular weight is 223 g/mol. The van der Waals surface area contributed by atoms with Crippen LogP contribution in [0.1, 0.15) is 5.56 Å². The first-order valence-electron chi connectivity index (χ1n) is 4.38. The molecule has 0 aliphatic carbocycles. The summed E-state index contributed by atoms with van der Waals surface area (Å²) in [7, 11) is -3.53. The van der Waals surface area contributed by atoms with Crippen LogP contribution < -0.4 is 0 Å². The van der Waals surface area contributed by atoms with Crippen LogP contribution in [0.5, 0.6) is 0 Å². The molecule has 5 heteroatoms. The van der Waals surface area contributed by atoms with E-state index >= 15 is 0 Å². The monoisotopic (exact) mass is 223 g/mol. The first kappa shape index (κ1) is 9.92. The quantitative estimate of drug-likeness (QED) is 0.747. The standard InChI is InChI=1S/C10H9NO3S/c12-10-6-7-15(13,14)11(10)8-9-4-2-1-3-5-9/h1-7H,8H2. The van der Waals surface area contributed by atoms with E-state index in [0.717, 1.165) is 21.4 Å². The normalized spacial score (nSPS) is 18.4. The van der Waals surface area contributed by atoms with Crippen molar-refractivity contribution in [1.29, 1.82) is 0 Å². The molecule has 4 nitrogen and oxygen atoms in total. The van der Waals surface area contributed by atoms with Crippen molar-refractivity contribution in [1.82, 2.24) is 4.31 Å². The van der Waals surface area contributed by atoms with Crippen molar-refractivity contribution >= 4 is 15.9 Å². The SMILES string of the molecule is O=C1C=CS(=O)(=O)N1Cc1ccccc1. The Morgan fingerprint density at radius 1 is 1.13 bits per heavy atom. The van der Waals surface area contributed by atoms with Gasteiger partial charge in [-0.05, 0) is 5.56 Å². The van der Waals surface area contributed by atoms with Crippen LogP contribution in [0.2, 0.25) is 0 Å². The van der Waals surface area contributed by atoms with Gasteiger partial charge in [0, 0.05) is 6.08 Å². The fourth-order valence-electron chi connectivity index (χ4n) is 1.34. The summed E-state index contributed by atoms with van der Waals surface area (Å²) in [4.78, 5) is 11.3. The minimum Gasteiger partial charge on any atom is -0.269 e. The summed E-state index contributed by atoms with van der Waals surface area (Å²) in [5, 5.41) is 0.929. The third-order valence-corrected chi connectivity index (χ3v) is 3.51. The zero-order chi connectivity index (χ0) is 10.9. The lowest BCUT2D eigenvalue weighted by Crippen LogP contribution is -2.29. The van der Waals surface area contributed by atoms with Crippen molar-refractivity contribution in [3.8, 4) is 0 Å². The van der Waals surface area contributed by atoms with E-state index in [1.807, 2.05) is 6.07 Å². The van der Waals surface area contributed by atoms with Crippen LogP contribution in [0.4, 0.5) is 0 Å². The van der Waals surface area contributed by atoms with Gasteiger partial charge >= 0.3 is 0 Å². The molecule has 1 aliphatic rings. The molecular weight excluding hydrogens is 214 g/mol. The fourth-order valence-corrected chi connectivity index (χ4v) is 2.42. The van der Waals surface area contributed by atoms with Crippen LogP contribution in [0.3, 0.4) is 0 Å². The van der Waals surface area contributed by atoms with Gasteiger partial charge in [-0.1, -0.05) is 30.3 Å². The number of carbonyl (C=O) groups excluding carboxylic acids is 1. The van der Waals surface area contributed by atoms with Gasteiger partial charge in [-0.2, -0.15) is 0 Å². The highest BCUT2D eigenvalue weighted by molar-refractivity contribution is 7.93. The Bertz CT molecular complexity index is 505. The van der Waals surface area contributed by atoms with E-state index in [1.54, 1.807) is 24.3 Å². The van der Waals surface area contributed by atoms with Crippen LogP contribution >= 0.6 is 0 Å². The molecular formula is C10H9NO3S. The van der Waals surface area contributed by atoms with E-state index < -0.39 is 15.9 Å². The largest absolute Gasteiger partial charge is 0.269 e. The van der Waals surface area contributed by atoms with Gasteiger partial charge in [0.05, 0.1) is 12.0 Å². The van der Waals surface area contributed by atoms with Crippen molar-refractivity contribution in [2.24, 2.45) is 0 Å². The Morgan fingerprint density at radius 3 is 2.33 bits per heavy atom. The van der Waals surface area contributed by atoms with Gasteiger partial charge in [-0.3, -0.25) is 4.79 Å². The number of carbonyl (C=O) groups is 1. The van der Waals surface area contributed by atoms with Gasteiger partial charge in [0.25, 0.3) is 15.9 Å². The lowest BCUT2D eigenvalue weighted by molar-refractivity contribution is -0.121. The van der Waals surface area contributed by atoms with Crippen LogP contribution in [0, 0.1) is 0 Å². The number of hydrogen-bond donors (Lipinski definition) is 0. The van der Waals surface area contributed by atoms with Crippen molar-refractivity contribution < 1.29 is 13.2 Å². The van der Waals surface area contributed by atoms with E-state index in [2.05, 4.69) is 0 Å². The highest BCUT2D eigenvalue weighted by atomic mass is 32.2. The Kier molecular flexibility index (Phi) is 2.32. The Balaban J connectivity index is 2.24. The third kappa shape index (κ3) is 1.92. The lowest BCUT2D eigenvalue weighted by atomic mass is 10.2. The van der Waals surface area contributed by atoms with Crippen molar-refractivity contribution in [2.75, 3.05) is 0 Å². The molecule has 0 N–H and O–H groups in total. The molecule has 15 heavy (non-hydrogen) atoms. The summed E-state index contributed by atoms with van der Waals surface area (Å²) in [5.74, 6) is -0.487. The predicted molar refractivity (Wildman–Crippen MR) is 55.1 cm³/mol. The lowest BCUT2D eigenvalue weighted by Gasteiger charge is -2.14. The number of rotatable bonds is 2. The maximum atomic E-state index is 11.4. The molecule has 1 aromatic carbocycles.